The first-order chi connectivity index (χ1) is 13.1. The van der Waals surface area contributed by atoms with E-state index in [9.17, 15) is 4.79 Å². The highest BCUT2D eigenvalue weighted by atomic mass is 16.5. The molecule has 3 rings (SSSR count). The smallest absolute Gasteiger partial charge is 0.258 e. The van der Waals surface area contributed by atoms with Crippen molar-refractivity contribution >= 4 is 16.9 Å². The molecule has 1 heterocycles. The van der Waals surface area contributed by atoms with E-state index in [4.69, 9.17) is 19.2 Å². The lowest BCUT2D eigenvalue weighted by atomic mass is 10.2. The number of amides is 1. The van der Waals surface area contributed by atoms with Gasteiger partial charge in [-0.25, -0.2) is 0 Å². The fourth-order valence-corrected chi connectivity index (χ4v) is 2.72. The first-order valence-corrected chi connectivity index (χ1v) is 8.69. The third-order valence-electron chi connectivity index (χ3n) is 4.00. The first kappa shape index (κ1) is 18.3. The Labute approximate surface area is 157 Å². The molecule has 1 amide bonds. The molecule has 1 aromatic heterocycles. The van der Waals surface area contributed by atoms with Gasteiger partial charge in [-0.2, -0.15) is 5.26 Å². The van der Waals surface area contributed by atoms with E-state index in [0.717, 1.165) is 5.39 Å². The van der Waals surface area contributed by atoms with Gasteiger partial charge in [-0.05, 0) is 38.1 Å². The third-order valence-corrected chi connectivity index (χ3v) is 4.00. The summed E-state index contributed by atoms with van der Waals surface area (Å²) < 4.78 is 16.9. The van der Waals surface area contributed by atoms with Crippen molar-refractivity contribution in [1.29, 1.82) is 5.26 Å². The monoisotopic (exact) mass is 364 g/mol. The van der Waals surface area contributed by atoms with E-state index in [-0.39, 0.29) is 18.6 Å². The number of hydrogen-bond acceptors (Lipinski definition) is 5. The predicted molar refractivity (Wildman–Crippen MR) is 101 cm³/mol. The number of nitrogens with zero attached hydrogens (tertiary/aromatic N) is 1. The number of carbonyl (C=O) groups is 1. The van der Waals surface area contributed by atoms with Gasteiger partial charge in [0.25, 0.3) is 5.91 Å². The summed E-state index contributed by atoms with van der Waals surface area (Å²) >= 11 is 0. The highest BCUT2D eigenvalue weighted by Crippen LogP contribution is 2.31. The average Bonchev–Trinajstić information content (AvgIpc) is 3.12. The molecule has 0 saturated carbocycles. The minimum Gasteiger partial charge on any atom is -0.490 e. The van der Waals surface area contributed by atoms with E-state index < -0.39 is 0 Å². The summed E-state index contributed by atoms with van der Waals surface area (Å²) in [6.45, 7) is 4.10. The number of furan rings is 1. The number of benzene rings is 2. The van der Waals surface area contributed by atoms with Crippen molar-refractivity contribution in [3.8, 4) is 17.6 Å². The second-order valence-corrected chi connectivity index (χ2v) is 5.94. The Bertz CT molecular complexity index is 987. The van der Waals surface area contributed by atoms with E-state index in [1.165, 1.54) is 0 Å². The minimum absolute atomic E-state index is 0.187. The number of rotatable bonds is 7. The van der Waals surface area contributed by atoms with Gasteiger partial charge in [0.2, 0.25) is 0 Å². The molecule has 0 aliphatic rings. The van der Waals surface area contributed by atoms with Crippen molar-refractivity contribution in [3.63, 3.8) is 0 Å². The van der Waals surface area contributed by atoms with Gasteiger partial charge in [0.05, 0.1) is 18.2 Å². The van der Waals surface area contributed by atoms with Gasteiger partial charge < -0.3 is 19.2 Å². The molecule has 2 aromatic carbocycles. The van der Waals surface area contributed by atoms with Gasteiger partial charge in [-0.1, -0.05) is 24.3 Å². The van der Waals surface area contributed by atoms with E-state index in [0.29, 0.717) is 35.0 Å². The van der Waals surface area contributed by atoms with Crippen LogP contribution in [0.2, 0.25) is 0 Å². The van der Waals surface area contributed by atoms with Gasteiger partial charge in [0.15, 0.2) is 17.9 Å². The summed E-state index contributed by atoms with van der Waals surface area (Å²) in [5, 5.41) is 12.8. The lowest BCUT2D eigenvalue weighted by molar-refractivity contribution is -0.123. The van der Waals surface area contributed by atoms with E-state index in [1.54, 1.807) is 24.3 Å². The van der Waals surface area contributed by atoms with Gasteiger partial charge in [0, 0.05) is 5.39 Å². The Morgan fingerprint density at radius 2 is 1.96 bits per heavy atom. The topological polar surface area (TPSA) is 84.5 Å². The molecule has 1 unspecified atom stereocenters. The lowest BCUT2D eigenvalue weighted by Crippen LogP contribution is -2.31. The number of carbonyl (C=O) groups excluding carboxylic acids is 1. The minimum atomic E-state index is -0.339. The van der Waals surface area contributed by atoms with Gasteiger partial charge in [-0.3, -0.25) is 4.79 Å². The Morgan fingerprint density at radius 3 is 2.74 bits per heavy atom. The van der Waals surface area contributed by atoms with Crippen LogP contribution in [0.5, 0.6) is 11.5 Å². The maximum absolute atomic E-state index is 12.2. The fourth-order valence-electron chi connectivity index (χ4n) is 2.72. The predicted octanol–water partition coefficient (Wildman–Crippen LogP) is 3.96. The molecule has 6 nitrogen and oxygen atoms in total. The molecule has 1 atom stereocenters. The summed E-state index contributed by atoms with van der Waals surface area (Å²) in [7, 11) is 0. The summed E-state index contributed by atoms with van der Waals surface area (Å²) in [6, 6.07) is 16.0. The van der Waals surface area contributed by atoms with Crippen molar-refractivity contribution in [2.75, 3.05) is 13.2 Å². The van der Waals surface area contributed by atoms with Crippen molar-refractivity contribution in [2.24, 2.45) is 0 Å². The van der Waals surface area contributed by atoms with Gasteiger partial charge in [-0.15, -0.1) is 0 Å². The molecule has 27 heavy (non-hydrogen) atoms. The van der Waals surface area contributed by atoms with Gasteiger partial charge >= 0.3 is 0 Å². The van der Waals surface area contributed by atoms with Crippen molar-refractivity contribution in [1.82, 2.24) is 5.32 Å². The zero-order valence-electron chi connectivity index (χ0n) is 15.2. The summed E-state index contributed by atoms with van der Waals surface area (Å²) in [4.78, 5) is 12.2. The van der Waals surface area contributed by atoms with Crippen LogP contribution in [0.1, 0.15) is 31.2 Å². The first-order valence-electron chi connectivity index (χ1n) is 8.69. The van der Waals surface area contributed by atoms with Crippen LogP contribution >= 0.6 is 0 Å². The summed E-state index contributed by atoms with van der Waals surface area (Å²) in [5.41, 5.74) is 1.05. The molecule has 0 bridgehead atoms. The molecule has 0 aliphatic carbocycles. The molecule has 3 aromatic rings. The van der Waals surface area contributed by atoms with Crippen LogP contribution in [0.4, 0.5) is 0 Å². The SMILES string of the molecule is CCOc1cccc2cc(C(C)NC(=O)COc3ccccc3C#N)oc12. The second-order valence-electron chi connectivity index (χ2n) is 5.94. The normalized spacial score (nSPS) is 11.6. The molecule has 0 spiro atoms. The molecule has 0 radical (unpaired) electrons. The maximum atomic E-state index is 12.2. The number of ether oxygens (including phenoxy) is 2. The van der Waals surface area contributed by atoms with Crippen LogP contribution < -0.4 is 14.8 Å². The fraction of sp³-hybridized carbons (Fsp3) is 0.238. The highest BCUT2D eigenvalue weighted by molar-refractivity contribution is 5.84. The van der Waals surface area contributed by atoms with Crippen molar-refractivity contribution in [3.05, 3.63) is 59.9 Å². The zero-order chi connectivity index (χ0) is 19.2. The third kappa shape index (κ3) is 4.21. The average molecular weight is 364 g/mol. The van der Waals surface area contributed by atoms with E-state index in [2.05, 4.69) is 5.32 Å². The second kappa shape index (κ2) is 8.28. The van der Waals surface area contributed by atoms with Crippen LogP contribution in [-0.2, 0) is 4.79 Å². The Balaban J connectivity index is 1.65. The lowest BCUT2D eigenvalue weighted by Gasteiger charge is -2.12. The molecule has 1 N–H and O–H groups in total. The molecule has 0 fully saturated rings. The number of nitrogens with one attached hydrogen (secondary N) is 1. The summed E-state index contributed by atoms with van der Waals surface area (Å²) in [6.07, 6.45) is 0. The zero-order valence-corrected chi connectivity index (χ0v) is 15.2. The van der Waals surface area contributed by atoms with E-state index in [1.807, 2.05) is 44.2 Å². The molecule has 6 heteroatoms. The molecule has 0 saturated heterocycles. The van der Waals surface area contributed by atoms with E-state index >= 15 is 0 Å². The van der Waals surface area contributed by atoms with Crippen LogP contribution in [-0.4, -0.2) is 19.1 Å². The van der Waals surface area contributed by atoms with Crippen LogP contribution in [0.3, 0.4) is 0 Å². The Hall–Kier alpha value is -3.46. The maximum Gasteiger partial charge on any atom is 0.258 e. The number of nitriles is 1. The van der Waals surface area contributed by atoms with Gasteiger partial charge in [0.1, 0.15) is 17.6 Å². The number of hydrogen-bond donors (Lipinski definition) is 1. The van der Waals surface area contributed by atoms with Crippen molar-refractivity contribution < 1.29 is 18.7 Å². The quantitative estimate of drug-likeness (QED) is 0.686. The Kier molecular flexibility index (Phi) is 5.62. The number of para-hydroxylation sites is 2. The summed E-state index contributed by atoms with van der Waals surface area (Å²) in [5.74, 6) is 1.38. The molecule has 138 valence electrons. The molecule has 0 aliphatic heterocycles. The van der Waals surface area contributed by atoms with Crippen LogP contribution in [0, 0.1) is 11.3 Å². The van der Waals surface area contributed by atoms with Crippen LogP contribution in [0.25, 0.3) is 11.0 Å². The molecular weight excluding hydrogens is 344 g/mol. The highest BCUT2D eigenvalue weighted by Gasteiger charge is 2.17. The molecular formula is C21H20N2O4. The standard InChI is InChI=1S/C21H20N2O4/c1-3-25-18-10-6-8-15-11-19(27-21(15)18)14(2)23-20(24)13-26-17-9-5-4-7-16(17)12-22/h4-11,14H,3,13H2,1-2H3,(H,23,24). The van der Waals surface area contributed by atoms with Crippen molar-refractivity contribution in [2.45, 2.75) is 19.9 Å². The number of fused-ring (bicyclic) bond motifs is 1. The largest absolute Gasteiger partial charge is 0.490 e. The van der Waals surface area contributed by atoms with Crippen LogP contribution in [0.15, 0.2) is 52.9 Å². The Morgan fingerprint density at radius 1 is 1.19 bits per heavy atom.